The first-order valence-corrected chi connectivity index (χ1v) is 7.27. The number of hydrogen-bond acceptors (Lipinski definition) is 5. The molecule has 1 N–H and O–H groups in total. The van der Waals surface area contributed by atoms with Crippen molar-refractivity contribution in [3.8, 4) is 0 Å². The van der Waals surface area contributed by atoms with Crippen LogP contribution in [0, 0.1) is 6.92 Å². The molecule has 1 heterocycles. The van der Waals surface area contributed by atoms with Gasteiger partial charge in [-0.3, -0.25) is 0 Å². The number of carbonyl (C=O) groups is 1. The Bertz CT molecular complexity index is 390. The summed E-state index contributed by atoms with van der Waals surface area (Å²) in [7, 11) is 0. The van der Waals surface area contributed by atoms with Gasteiger partial charge in [0.15, 0.2) is 0 Å². The SMILES string of the molecule is CCCCC(C)Nc1snc(C)c1C(=O)OCC. The molecule has 18 heavy (non-hydrogen) atoms. The number of nitrogens with one attached hydrogen (secondary N) is 1. The minimum atomic E-state index is -0.283. The maximum absolute atomic E-state index is 11.8. The molecule has 1 aromatic heterocycles. The van der Waals surface area contributed by atoms with E-state index in [4.69, 9.17) is 4.74 Å². The lowest BCUT2D eigenvalue weighted by atomic mass is 10.1. The van der Waals surface area contributed by atoms with Crippen LogP contribution < -0.4 is 5.32 Å². The van der Waals surface area contributed by atoms with E-state index >= 15 is 0 Å². The lowest BCUT2D eigenvalue weighted by Crippen LogP contribution is -2.17. The zero-order chi connectivity index (χ0) is 13.5. The second-order valence-corrected chi connectivity index (χ2v) is 5.15. The zero-order valence-electron chi connectivity index (χ0n) is 11.6. The summed E-state index contributed by atoms with van der Waals surface area (Å²) in [6.07, 6.45) is 3.45. The van der Waals surface area contributed by atoms with Gasteiger partial charge in [-0.2, -0.15) is 4.37 Å². The molecule has 102 valence electrons. The summed E-state index contributed by atoms with van der Waals surface area (Å²) in [5.74, 6) is -0.283. The van der Waals surface area contributed by atoms with Crippen molar-refractivity contribution >= 4 is 22.5 Å². The highest BCUT2D eigenvalue weighted by Gasteiger charge is 2.20. The molecule has 0 aliphatic rings. The molecule has 0 bridgehead atoms. The summed E-state index contributed by atoms with van der Waals surface area (Å²) >= 11 is 1.33. The second kappa shape index (κ2) is 7.36. The van der Waals surface area contributed by atoms with Gasteiger partial charge < -0.3 is 10.1 Å². The van der Waals surface area contributed by atoms with Gasteiger partial charge in [0.05, 0.1) is 12.3 Å². The van der Waals surface area contributed by atoms with Gasteiger partial charge in [0.25, 0.3) is 0 Å². The molecule has 0 saturated carbocycles. The minimum absolute atomic E-state index is 0.283. The molecule has 1 aromatic rings. The van der Waals surface area contributed by atoms with E-state index < -0.39 is 0 Å². The summed E-state index contributed by atoms with van der Waals surface area (Å²) in [4.78, 5) is 11.8. The lowest BCUT2D eigenvalue weighted by molar-refractivity contribution is 0.0527. The van der Waals surface area contributed by atoms with Crippen LogP contribution in [-0.2, 0) is 4.74 Å². The van der Waals surface area contributed by atoms with Crippen LogP contribution in [0.15, 0.2) is 0 Å². The number of esters is 1. The Morgan fingerprint density at radius 2 is 2.22 bits per heavy atom. The highest BCUT2D eigenvalue weighted by Crippen LogP contribution is 2.26. The molecule has 5 heteroatoms. The van der Waals surface area contributed by atoms with E-state index in [9.17, 15) is 4.79 Å². The van der Waals surface area contributed by atoms with E-state index in [1.165, 1.54) is 24.4 Å². The van der Waals surface area contributed by atoms with Gasteiger partial charge in [-0.15, -0.1) is 0 Å². The predicted molar refractivity (Wildman–Crippen MR) is 75.4 cm³/mol. The van der Waals surface area contributed by atoms with Crippen molar-refractivity contribution in [2.24, 2.45) is 0 Å². The fraction of sp³-hybridized carbons (Fsp3) is 0.692. The number of unbranched alkanes of at least 4 members (excludes halogenated alkanes) is 1. The molecule has 0 aromatic carbocycles. The second-order valence-electron chi connectivity index (χ2n) is 4.38. The first-order valence-electron chi connectivity index (χ1n) is 6.50. The fourth-order valence-electron chi connectivity index (χ4n) is 1.72. The van der Waals surface area contributed by atoms with Crippen LogP contribution in [0.25, 0.3) is 0 Å². The summed E-state index contributed by atoms with van der Waals surface area (Å²) in [5, 5.41) is 4.19. The molecule has 1 unspecified atom stereocenters. The lowest BCUT2D eigenvalue weighted by Gasteiger charge is -2.14. The average Bonchev–Trinajstić information content (AvgIpc) is 2.68. The van der Waals surface area contributed by atoms with Gasteiger partial charge in [-0.25, -0.2) is 4.79 Å². The van der Waals surface area contributed by atoms with Crippen LogP contribution in [0.3, 0.4) is 0 Å². The number of anilines is 1. The van der Waals surface area contributed by atoms with Crippen molar-refractivity contribution < 1.29 is 9.53 Å². The van der Waals surface area contributed by atoms with Gasteiger partial charge >= 0.3 is 5.97 Å². The summed E-state index contributed by atoms with van der Waals surface area (Å²) in [6.45, 7) is 8.33. The number of carbonyl (C=O) groups excluding carboxylic acids is 1. The minimum Gasteiger partial charge on any atom is -0.462 e. The van der Waals surface area contributed by atoms with Gasteiger partial charge in [0.2, 0.25) is 0 Å². The van der Waals surface area contributed by atoms with Gasteiger partial charge in [-0.1, -0.05) is 19.8 Å². The predicted octanol–water partition coefficient (Wildman–Crippen LogP) is 3.62. The fourth-order valence-corrected chi connectivity index (χ4v) is 2.61. The first kappa shape index (κ1) is 15.0. The summed E-state index contributed by atoms with van der Waals surface area (Å²) in [6, 6.07) is 0.345. The number of rotatable bonds is 7. The van der Waals surface area contributed by atoms with Gasteiger partial charge in [-0.05, 0) is 38.7 Å². The number of hydrogen-bond donors (Lipinski definition) is 1. The molecule has 0 fully saturated rings. The molecule has 4 nitrogen and oxygen atoms in total. The van der Waals surface area contributed by atoms with Crippen molar-refractivity contribution in [2.45, 2.75) is 53.0 Å². The van der Waals surface area contributed by atoms with E-state index in [-0.39, 0.29) is 5.97 Å². The summed E-state index contributed by atoms with van der Waals surface area (Å²) in [5.41, 5.74) is 1.33. The van der Waals surface area contributed by atoms with Crippen molar-refractivity contribution in [3.05, 3.63) is 11.3 Å². The van der Waals surface area contributed by atoms with Crippen molar-refractivity contribution in [3.63, 3.8) is 0 Å². The Morgan fingerprint density at radius 1 is 1.50 bits per heavy atom. The largest absolute Gasteiger partial charge is 0.462 e. The summed E-state index contributed by atoms with van der Waals surface area (Å²) < 4.78 is 9.29. The highest BCUT2D eigenvalue weighted by molar-refractivity contribution is 7.10. The third-order valence-corrected chi connectivity index (χ3v) is 3.58. The Kier molecular flexibility index (Phi) is 6.12. The topological polar surface area (TPSA) is 51.2 Å². The van der Waals surface area contributed by atoms with E-state index in [1.54, 1.807) is 0 Å². The van der Waals surface area contributed by atoms with E-state index in [0.717, 1.165) is 17.1 Å². The smallest absolute Gasteiger partial charge is 0.343 e. The molecule has 1 atom stereocenters. The third-order valence-electron chi connectivity index (χ3n) is 2.71. The first-order chi connectivity index (χ1) is 8.60. The molecule has 0 aliphatic carbocycles. The van der Waals surface area contributed by atoms with Crippen LogP contribution in [0.1, 0.15) is 56.1 Å². The average molecular weight is 270 g/mol. The van der Waals surface area contributed by atoms with Crippen LogP contribution in [0.2, 0.25) is 0 Å². The molecule has 0 radical (unpaired) electrons. The Hall–Kier alpha value is -1.10. The van der Waals surface area contributed by atoms with Crippen molar-refractivity contribution in [2.75, 3.05) is 11.9 Å². The van der Waals surface area contributed by atoms with Crippen LogP contribution >= 0.6 is 11.5 Å². The normalized spacial score (nSPS) is 12.2. The molecule has 0 saturated heterocycles. The van der Waals surface area contributed by atoms with E-state index in [0.29, 0.717) is 18.2 Å². The number of aromatic nitrogens is 1. The number of nitrogens with zero attached hydrogens (tertiary/aromatic N) is 1. The van der Waals surface area contributed by atoms with E-state index in [1.807, 2.05) is 13.8 Å². The maximum Gasteiger partial charge on any atom is 0.343 e. The van der Waals surface area contributed by atoms with Crippen molar-refractivity contribution in [1.82, 2.24) is 4.37 Å². The highest BCUT2D eigenvalue weighted by atomic mass is 32.1. The Morgan fingerprint density at radius 3 is 2.83 bits per heavy atom. The molecule has 0 aliphatic heterocycles. The maximum atomic E-state index is 11.8. The monoisotopic (exact) mass is 270 g/mol. The van der Waals surface area contributed by atoms with Crippen LogP contribution in [0.5, 0.6) is 0 Å². The van der Waals surface area contributed by atoms with Crippen molar-refractivity contribution in [1.29, 1.82) is 0 Å². The third kappa shape index (κ3) is 3.98. The molecular formula is C13H22N2O2S. The Labute approximate surface area is 113 Å². The number of ether oxygens (including phenoxy) is 1. The standard InChI is InChI=1S/C13H22N2O2S/c1-5-7-8-9(3)14-12-11(10(4)15-18-12)13(16)17-6-2/h9,14H,5-8H2,1-4H3. The molecule has 0 spiro atoms. The van der Waals surface area contributed by atoms with Crippen LogP contribution in [-0.4, -0.2) is 23.0 Å². The zero-order valence-corrected chi connectivity index (χ0v) is 12.4. The quantitative estimate of drug-likeness (QED) is 0.769. The van der Waals surface area contributed by atoms with Gasteiger partial charge in [0.1, 0.15) is 10.6 Å². The number of aryl methyl sites for hydroxylation is 1. The molecular weight excluding hydrogens is 248 g/mol. The molecule has 0 amide bonds. The van der Waals surface area contributed by atoms with E-state index in [2.05, 4.69) is 23.5 Å². The van der Waals surface area contributed by atoms with Crippen LogP contribution in [0.4, 0.5) is 5.00 Å². The molecule has 1 rings (SSSR count). The Balaban J connectivity index is 2.74. The van der Waals surface area contributed by atoms with Gasteiger partial charge in [0, 0.05) is 6.04 Å².